The highest BCUT2D eigenvalue weighted by atomic mass is 16.4. The number of rotatable bonds is 2. The number of hydrogen-bond acceptors (Lipinski definition) is 3. The molecule has 2 atom stereocenters. The number of carbonyl (C=O) groups excluding carboxylic acids is 1. The zero-order valence-electron chi connectivity index (χ0n) is 11.2. The van der Waals surface area contributed by atoms with Crippen LogP contribution < -0.4 is 5.32 Å². The first kappa shape index (κ1) is 13.0. The summed E-state index contributed by atoms with van der Waals surface area (Å²) in [6, 6.07) is 7.65. The highest BCUT2D eigenvalue weighted by Crippen LogP contribution is 2.27. The van der Waals surface area contributed by atoms with Crippen molar-refractivity contribution in [2.75, 3.05) is 18.4 Å². The van der Waals surface area contributed by atoms with Gasteiger partial charge in [0.1, 0.15) is 6.04 Å². The Bertz CT molecular complexity index is 519. The summed E-state index contributed by atoms with van der Waals surface area (Å²) in [5.41, 5.74) is 2.16. The molecule has 106 valence electrons. The number of hydrogen-bond donors (Lipinski definition) is 2. The van der Waals surface area contributed by atoms with E-state index in [-0.39, 0.29) is 11.9 Å². The number of anilines is 1. The van der Waals surface area contributed by atoms with Crippen LogP contribution in [0.3, 0.4) is 0 Å². The molecule has 5 nitrogen and oxygen atoms in total. The molecule has 0 radical (unpaired) electrons. The third-order valence-corrected chi connectivity index (χ3v) is 4.15. The minimum atomic E-state index is -0.801. The predicted octanol–water partition coefficient (Wildman–Crippen LogP) is 1.35. The van der Waals surface area contributed by atoms with Gasteiger partial charge < -0.3 is 15.3 Å². The fraction of sp³-hybridized carbons (Fsp3) is 0.467. The second-order valence-corrected chi connectivity index (χ2v) is 5.52. The number of likely N-dealkylation sites (tertiary alicyclic amines) is 1. The number of nitrogens with one attached hydrogen (secondary N) is 1. The molecule has 1 aromatic rings. The fourth-order valence-electron chi connectivity index (χ4n) is 3.05. The summed E-state index contributed by atoms with van der Waals surface area (Å²) in [6.07, 6.45) is 2.11. The van der Waals surface area contributed by atoms with Crippen LogP contribution in [-0.4, -0.2) is 41.0 Å². The van der Waals surface area contributed by atoms with Crippen LogP contribution in [-0.2, 0) is 16.0 Å². The molecule has 0 aliphatic carbocycles. The fourth-order valence-corrected chi connectivity index (χ4v) is 3.05. The van der Waals surface area contributed by atoms with Gasteiger partial charge >= 0.3 is 5.97 Å². The average molecular weight is 274 g/mol. The van der Waals surface area contributed by atoms with E-state index in [9.17, 15) is 9.59 Å². The second-order valence-electron chi connectivity index (χ2n) is 5.52. The maximum absolute atomic E-state index is 12.5. The van der Waals surface area contributed by atoms with E-state index in [0.717, 1.165) is 17.7 Å². The number of carboxylic acid groups (broad SMARTS) is 1. The van der Waals surface area contributed by atoms with Gasteiger partial charge in [0.05, 0.1) is 5.92 Å². The number of benzene rings is 1. The molecule has 0 spiro atoms. The van der Waals surface area contributed by atoms with E-state index in [1.165, 1.54) is 0 Å². The number of piperidine rings is 1. The van der Waals surface area contributed by atoms with Gasteiger partial charge in [0, 0.05) is 25.2 Å². The largest absolute Gasteiger partial charge is 0.481 e. The number of aliphatic carboxylic acids is 1. The lowest BCUT2D eigenvalue weighted by Gasteiger charge is -2.32. The molecule has 0 aromatic heterocycles. The molecule has 0 bridgehead atoms. The van der Waals surface area contributed by atoms with E-state index in [2.05, 4.69) is 5.32 Å². The number of para-hydroxylation sites is 1. The lowest BCUT2D eigenvalue weighted by Crippen LogP contribution is -2.48. The van der Waals surface area contributed by atoms with Crippen molar-refractivity contribution in [2.45, 2.75) is 25.3 Å². The normalized spacial score (nSPS) is 24.9. The summed E-state index contributed by atoms with van der Waals surface area (Å²) in [7, 11) is 0. The molecule has 2 N–H and O–H groups in total. The van der Waals surface area contributed by atoms with Crippen molar-refractivity contribution in [3.05, 3.63) is 29.8 Å². The molecular formula is C15H18N2O3. The molecule has 2 heterocycles. The first-order valence-electron chi connectivity index (χ1n) is 7.01. The Morgan fingerprint density at radius 3 is 2.85 bits per heavy atom. The molecule has 2 aliphatic rings. The van der Waals surface area contributed by atoms with Crippen LogP contribution in [0.4, 0.5) is 5.69 Å². The Labute approximate surface area is 117 Å². The van der Waals surface area contributed by atoms with Gasteiger partial charge in [0.2, 0.25) is 5.91 Å². The molecule has 1 saturated heterocycles. The van der Waals surface area contributed by atoms with Crippen LogP contribution in [0.25, 0.3) is 0 Å². The third-order valence-electron chi connectivity index (χ3n) is 4.15. The predicted molar refractivity (Wildman–Crippen MR) is 74.5 cm³/mol. The third kappa shape index (κ3) is 2.35. The van der Waals surface area contributed by atoms with Gasteiger partial charge in [-0.15, -0.1) is 0 Å². The van der Waals surface area contributed by atoms with Crippen molar-refractivity contribution in [1.29, 1.82) is 0 Å². The first-order valence-corrected chi connectivity index (χ1v) is 7.01. The minimum absolute atomic E-state index is 0.0205. The molecular weight excluding hydrogens is 256 g/mol. The van der Waals surface area contributed by atoms with Gasteiger partial charge in [-0.1, -0.05) is 18.2 Å². The number of amides is 1. The Hall–Kier alpha value is -2.04. The molecule has 5 heteroatoms. The lowest BCUT2D eigenvalue weighted by atomic mass is 9.97. The summed E-state index contributed by atoms with van der Waals surface area (Å²) in [6.45, 7) is 1.000. The van der Waals surface area contributed by atoms with Gasteiger partial charge in [-0.3, -0.25) is 9.59 Å². The molecule has 1 unspecified atom stereocenters. The van der Waals surface area contributed by atoms with E-state index in [1.54, 1.807) is 4.90 Å². The summed E-state index contributed by atoms with van der Waals surface area (Å²) in [5, 5.41) is 12.3. The summed E-state index contributed by atoms with van der Waals surface area (Å²) in [5.74, 6) is -1.20. The Morgan fingerprint density at radius 2 is 2.10 bits per heavy atom. The standard InChI is InChI=1S/C15H18N2O3/c18-14(17-7-3-5-11(9-17)15(19)20)13-8-10-4-1-2-6-12(10)16-13/h1-2,4,6,11,13,16H,3,5,7-9H2,(H,19,20)/t11-,13?/m0/s1. The topological polar surface area (TPSA) is 69.6 Å². The Kier molecular flexibility index (Phi) is 3.34. The maximum atomic E-state index is 12.5. The SMILES string of the molecule is O=C(O)[C@H]1CCCN(C(=O)C2Cc3ccccc3N2)C1. The van der Waals surface area contributed by atoms with Crippen molar-refractivity contribution in [3.8, 4) is 0 Å². The van der Waals surface area contributed by atoms with E-state index >= 15 is 0 Å². The van der Waals surface area contributed by atoms with Crippen LogP contribution in [0.5, 0.6) is 0 Å². The zero-order valence-corrected chi connectivity index (χ0v) is 11.2. The monoisotopic (exact) mass is 274 g/mol. The van der Waals surface area contributed by atoms with Crippen LogP contribution in [0.2, 0.25) is 0 Å². The highest BCUT2D eigenvalue weighted by molar-refractivity contribution is 5.88. The molecule has 2 aliphatic heterocycles. The maximum Gasteiger partial charge on any atom is 0.308 e. The molecule has 1 amide bonds. The van der Waals surface area contributed by atoms with Crippen molar-refractivity contribution < 1.29 is 14.7 Å². The van der Waals surface area contributed by atoms with Crippen LogP contribution in [0, 0.1) is 5.92 Å². The molecule has 3 rings (SSSR count). The lowest BCUT2D eigenvalue weighted by molar-refractivity contribution is -0.145. The van der Waals surface area contributed by atoms with Crippen molar-refractivity contribution in [2.24, 2.45) is 5.92 Å². The van der Waals surface area contributed by atoms with Gasteiger partial charge in [0.25, 0.3) is 0 Å². The summed E-state index contributed by atoms with van der Waals surface area (Å²) in [4.78, 5) is 25.3. The molecule has 20 heavy (non-hydrogen) atoms. The van der Waals surface area contributed by atoms with Crippen LogP contribution in [0.15, 0.2) is 24.3 Å². The Balaban J connectivity index is 1.67. The first-order chi connectivity index (χ1) is 9.65. The van der Waals surface area contributed by atoms with Crippen molar-refractivity contribution in [3.63, 3.8) is 0 Å². The quantitative estimate of drug-likeness (QED) is 0.854. The van der Waals surface area contributed by atoms with Crippen LogP contribution >= 0.6 is 0 Å². The van der Waals surface area contributed by atoms with Gasteiger partial charge in [-0.05, 0) is 24.5 Å². The smallest absolute Gasteiger partial charge is 0.308 e. The average Bonchev–Trinajstić information content (AvgIpc) is 2.90. The number of fused-ring (bicyclic) bond motifs is 1. The highest BCUT2D eigenvalue weighted by Gasteiger charge is 2.34. The number of carbonyl (C=O) groups is 2. The minimum Gasteiger partial charge on any atom is -0.481 e. The Morgan fingerprint density at radius 1 is 1.30 bits per heavy atom. The van der Waals surface area contributed by atoms with E-state index in [1.807, 2.05) is 24.3 Å². The number of nitrogens with zero attached hydrogens (tertiary/aromatic N) is 1. The van der Waals surface area contributed by atoms with Crippen LogP contribution in [0.1, 0.15) is 18.4 Å². The van der Waals surface area contributed by atoms with Gasteiger partial charge in [0.15, 0.2) is 0 Å². The van der Waals surface area contributed by atoms with E-state index in [0.29, 0.717) is 25.9 Å². The molecule has 1 fully saturated rings. The summed E-state index contributed by atoms with van der Waals surface area (Å²) >= 11 is 0. The van der Waals surface area contributed by atoms with Crippen molar-refractivity contribution in [1.82, 2.24) is 4.90 Å². The van der Waals surface area contributed by atoms with Gasteiger partial charge in [-0.25, -0.2) is 0 Å². The van der Waals surface area contributed by atoms with Crippen molar-refractivity contribution >= 4 is 17.6 Å². The zero-order chi connectivity index (χ0) is 14.1. The molecule has 0 saturated carbocycles. The summed E-state index contributed by atoms with van der Waals surface area (Å²) < 4.78 is 0. The van der Waals surface area contributed by atoms with E-state index < -0.39 is 11.9 Å². The second kappa shape index (κ2) is 5.15. The van der Waals surface area contributed by atoms with Gasteiger partial charge in [-0.2, -0.15) is 0 Å². The number of carboxylic acids is 1. The van der Waals surface area contributed by atoms with E-state index in [4.69, 9.17) is 5.11 Å². The molecule has 1 aromatic carbocycles.